The van der Waals surface area contributed by atoms with Crippen molar-refractivity contribution in [3.63, 3.8) is 0 Å². The van der Waals surface area contributed by atoms with Crippen LogP contribution in [0.3, 0.4) is 0 Å². The lowest BCUT2D eigenvalue weighted by Crippen LogP contribution is -2.34. The van der Waals surface area contributed by atoms with Crippen LogP contribution in [0.1, 0.15) is 33.3 Å². The zero-order chi connectivity index (χ0) is 20.8. The molecule has 0 saturated carbocycles. The Labute approximate surface area is 172 Å². The number of amides is 1. The van der Waals surface area contributed by atoms with E-state index in [9.17, 15) is 4.79 Å². The van der Waals surface area contributed by atoms with E-state index in [0.29, 0.717) is 25.5 Å². The molecular formula is C18H30N3O5PS. The highest BCUT2D eigenvalue weighted by molar-refractivity contribution is 8.07. The highest BCUT2D eigenvalue weighted by Gasteiger charge is 2.20. The number of benzene rings is 1. The molecule has 1 rings (SSSR count). The molecule has 0 heterocycles. The van der Waals surface area contributed by atoms with Crippen molar-refractivity contribution in [3.05, 3.63) is 29.8 Å². The van der Waals surface area contributed by atoms with E-state index in [-0.39, 0.29) is 0 Å². The van der Waals surface area contributed by atoms with Crippen LogP contribution < -0.4 is 9.84 Å². The molecule has 1 aromatic rings. The molecule has 0 aliphatic rings. The molecule has 1 N–H and O–H groups in total. The fraction of sp³-hybridized carbons (Fsp3) is 0.556. The molecular weight excluding hydrogens is 401 g/mol. The first-order valence-corrected chi connectivity index (χ1v) is 11.9. The first-order chi connectivity index (χ1) is 13.5. The van der Waals surface area contributed by atoms with Crippen molar-refractivity contribution in [3.8, 4) is 5.75 Å². The highest BCUT2D eigenvalue weighted by Crippen LogP contribution is 2.49. The minimum Gasteiger partial charge on any atom is -0.424 e. The minimum absolute atomic E-state index is 0.413. The number of carbonyl (C=O) groups is 1. The average Bonchev–Trinajstić information content (AvgIpc) is 2.67. The fourth-order valence-electron chi connectivity index (χ4n) is 2.17. The van der Waals surface area contributed by atoms with Gasteiger partial charge in [0.05, 0.1) is 19.4 Å². The molecule has 0 aliphatic heterocycles. The second kappa shape index (κ2) is 13.6. The molecule has 0 atom stereocenters. The van der Waals surface area contributed by atoms with Gasteiger partial charge >= 0.3 is 12.8 Å². The standard InChI is InChI=1S/C18H30N3O5PS/c1-5-21(6-2)14-13-19-18(22)25-20-15-16-9-11-17(12-10-16)26-27(28,23-7-3)24-8-4/h9-12,15H,5-8,13-14H2,1-4H3,(H,19,22)/b20-15+. The number of hydrogen-bond acceptors (Lipinski definition) is 8. The van der Waals surface area contributed by atoms with Crippen molar-refractivity contribution in [1.82, 2.24) is 10.2 Å². The van der Waals surface area contributed by atoms with E-state index in [0.717, 1.165) is 25.2 Å². The zero-order valence-electron chi connectivity index (χ0n) is 16.9. The molecule has 28 heavy (non-hydrogen) atoms. The highest BCUT2D eigenvalue weighted by atomic mass is 32.5. The van der Waals surface area contributed by atoms with Gasteiger partial charge in [0.25, 0.3) is 0 Å². The Hall–Kier alpha value is -1.51. The summed E-state index contributed by atoms with van der Waals surface area (Å²) in [7, 11) is 0. The first kappa shape index (κ1) is 24.5. The lowest BCUT2D eigenvalue weighted by Gasteiger charge is -2.20. The van der Waals surface area contributed by atoms with Gasteiger partial charge in [0, 0.05) is 24.9 Å². The molecule has 10 heteroatoms. The predicted octanol–water partition coefficient (Wildman–Crippen LogP) is 3.76. The third kappa shape index (κ3) is 9.61. The number of hydrogen-bond donors (Lipinski definition) is 1. The number of rotatable bonds is 13. The molecule has 8 nitrogen and oxygen atoms in total. The topological polar surface area (TPSA) is 81.6 Å². The monoisotopic (exact) mass is 431 g/mol. The quantitative estimate of drug-likeness (QED) is 0.220. The summed E-state index contributed by atoms with van der Waals surface area (Å²) in [6.07, 6.45) is 0.854. The lowest BCUT2D eigenvalue weighted by atomic mass is 10.2. The summed E-state index contributed by atoms with van der Waals surface area (Å²) < 4.78 is 16.6. The van der Waals surface area contributed by atoms with Crippen molar-refractivity contribution in [2.24, 2.45) is 5.16 Å². The minimum atomic E-state index is -2.79. The Morgan fingerprint density at radius 1 is 1.14 bits per heavy atom. The molecule has 0 aliphatic carbocycles. The molecule has 158 valence electrons. The molecule has 0 aromatic heterocycles. The maximum absolute atomic E-state index is 11.6. The van der Waals surface area contributed by atoms with Gasteiger partial charge in [0.2, 0.25) is 0 Å². The Morgan fingerprint density at radius 3 is 2.29 bits per heavy atom. The van der Waals surface area contributed by atoms with Crippen LogP contribution in [0.2, 0.25) is 0 Å². The maximum atomic E-state index is 11.6. The summed E-state index contributed by atoms with van der Waals surface area (Å²) in [6.45, 7) is 9.01. The number of carbonyl (C=O) groups excluding carboxylic acids is 1. The first-order valence-electron chi connectivity index (χ1n) is 9.35. The molecule has 0 bridgehead atoms. The molecule has 0 unspecified atom stereocenters. The molecule has 1 aromatic carbocycles. The van der Waals surface area contributed by atoms with Gasteiger partial charge in [-0.2, -0.15) is 0 Å². The van der Waals surface area contributed by atoms with E-state index in [1.807, 2.05) is 13.8 Å². The molecule has 1 amide bonds. The van der Waals surface area contributed by atoms with E-state index < -0.39 is 12.8 Å². The predicted molar refractivity (Wildman–Crippen MR) is 114 cm³/mol. The second-order valence-electron chi connectivity index (χ2n) is 5.51. The smallest absolute Gasteiger partial charge is 0.424 e. The van der Waals surface area contributed by atoms with Crippen LogP contribution in [0.5, 0.6) is 5.75 Å². The molecule has 0 saturated heterocycles. The largest absolute Gasteiger partial charge is 0.433 e. The maximum Gasteiger partial charge on any atom is 0.433 e. The van der Waals surface area contributed by atoms with Crippen LogP contribution >= 0.6 is 6.72 Å². The van der Waals surface area contributed by atoms with Crippen LogP contribution in [-0.2, 0) is 25.7 Å². The third-order valence-corrected chi connectivity index (χ3v) is 6.04. The number of nitrogens with one attached hydrogen (secondary N) is 1. The number of likely N-dealkylation sites (N-methyl/N-ethyl adjacent to an activating group) is 1. The van der Waals surface area contributed by atoms with Crippen LogP contribution in [0.25, 0.3) is 0 Å². The number of oxime groups is 1. The van der Waals surface area contributed by atoms with Gasteiger partial charge in [-0.25, -0.2) is 4.79 Å². The van der Waals surface area contributed by atoms with E-state index in [1.54, 1.807) is 24.3 Å². The van der Waals surface area contributed by atoms with Crippen LogP contribution in [0.15, 0.2) is 29.4 Å². The Kier molecular flexibility index (Phi) is 11.9. The van der Waals surface area contributed by atoms with E-state index in [1.165, 1.54) is 6.21 Å². The van der Waals surface area contributed by atoms with Gasteiger partial charge in [0.15, 0.2) is 0 Å². The second-order valence-corrected chi connectivity index (χ2v) is 8.45. The van der Waals surface area contributed by atoms with Gasteiger partial charge in [-0.3, -0.25) is 13.9 Å². The van der Waals surface area contributed by atoms with Crippen molar-refractivity contribution in [2.45, 2.75) is 27.7 Å². The Balaban J connectivity index is 2.47. The van der Waals surface area contributed by atoms with Crippen molar-refractivity contribution < 1.29 is 23.2 Å². The van der Waals surface area contributed by atoms with E-state index in [4.69, 9.17) is 30.2 Å². The Bertz CT molecular complexity index is 643. The van der Waals surface area contributed by atoms with Gasteiger partial charge < -0.3 is 14.7 Å². The zero-order valence-corrected chi connectivity index (χ0v) is 18.6. The van der Waals surface area contributed by atoms with Gasteiger partial charge in [0.1, 0.15) is 5.75 Å². The van der Waals surface area contributed by atoms with Crippen molar-refractivity contribution >= 4 is 30.8 Å². The SMILES string of the molecule is CCOP(=S)(OCC)Oc1ccc(/C=N/OC(=O)NCCN(CC)CC)cc1. The normalized spacial score (nSPS) is 11.8. The molecule has 0 spiro atoms. The summed E-state index contributed by atoms with van der Waals surface area (Å²) in [5, 5.41) is 6.34. The molecule has 0 fully saturated rings. The molecule has 0 radical (unpaired) electrons. The summed E-state index contributed by atoms with van der Waals surface area (Å²) in [5.74, 6) is 0.539. The van der Waals surface area contributed by atoms with Crippen molar-refractivity contribution in [1.29, 1.82) is 0 Å². The van der Waals surface area contributed by atoms with Crippen molar-refractivity contribution in [2.75, 3.05) is 39.4 Å². The summed E-state index contributed by atoms with van der Waals surface area (Å²) in [5.41, 5.74) is 0.740. The fourth-order valence-corrected chi connectivity index (χ4v) is 4.26. The lowest BCUT2D eigenvalue weighted by molar-refractivity contribution is 0.149. The summed E-state index contributed by atoms with van der Waals surface area (Å²) in [6, 6.07) is 6.98. The third-order valence-electron chi connectivity index (χ3n) is 3.60. The number of nitrogens with zero attached hydrogens (tertiary/aromatic N) is 2. The summed E-state index contributed by atoms with van der Waals surface area (Å²) >= 11 is 5.33. The van der Waals surface area contributed by atoms with E-state index >= 15 is 0 Å². The van der Waals surface area contributed by atoms with Crippen LogP contribution in [0.4, 0.5) is 4.79 Å². The summed E-state index contributed by atoms with van der Waals surface area (Å²) in [4.78, 5) is 18.6. The van der Waals surface area contributed by atoms with Crippen LogP contribution in [0, 0.1) is 0 Å². The Morgan fingerprint density at radius 2 is 1.75 bits per heavy atom. The van der Waals surface area contributed by atoms with Gasteiger partial charge in [-0.15, -0.1) is 0 Å². The van der Waals surface area contributed by atoms with Gasteiger partial charge in [-0.05, 0) is 56.8 Å². The van der Waals surface area contributed by atoms with Gasteiger partial charge in [-0.1, -0.05) is 19.0 Å². The average molecular weight is 431 g/mol. The van der Waals surface area contributed by atoms with Crippen LogP contribution in [-0.4, -0.2) is 56.6 Å². The van der Waals surface area contributed by atoms with E-state index in [2.05, 4.69) is 29.2 Å².